The molecular weight excluding hydrogens is 162 g/mol. The van der Waals surface area contributed by atoms with Crippen LogP contribution in [0, 0.1) is 11.8 Å². The molecular formula is C11H23NO. The van der Waals surface area contributed by atoms with E-state index < -0.39 is 0 Å². The van der Waals surface area contributed by atoms with Gasteiger partial charge in [0.25, 0.3) is 0 Å². The molecule has 1 N–H and O–H groups in total. The Balaban J connectivity index is 2.41. The Morgan fingerprint density at radius 2 is 2.00 bits per heavy atom. The van der Waals surface area contributed by atoms with E-state index in [2.05, 4.69) is 26.1 Å². The summed E-state index contributed by atoms with van der Waals surface area (Å²) in [6.45, 7) is 7.71. The zero-order valence-electron chi connectivity index (χ0n) is 9.34. The van der Waals surface area contributed by atoms with Crippen LogP contribution in [0.25, 0.3) is 0 Å². The molecule has 0 amide bonds. The van der Waals surface area contributed by atoms with E-state index in [1.165, 1.54) is 12.8 Å². The van der Waals surface area contributed by atoms with Gasteiger partial charge in [-0.1, -0.05) is 20.8 Å². The van der Waals surface area contributed by atoms with E-state index in [0.717, 1.165) is 12.5 Å². The van der Waals surface area contributed by atoms with Gasteiger partial charge in [-0.05, 0) is 31.7 Å². The minimum Gasteiger partial charge on any atom is -0.376 e. The summed E-state index contributed by atoms with van der Waals surface area (Å²) < 4.78 is 5.84. The van der Waals surface area contributed by atoms with Crippen molar-refractivity contribution in [2.75, 3.05) is 13.7 Å². The summed E-state index contributed by atoms with van der Waals surface area (Å²) in [7, 11) is 2.03. The topological polar surface area (TPSA) is 21.3 Å². The highest BCUT2D eigenvalue weighted by Crippen LogP contribution is 2.23. The summed E-state index contributed by atoms with van der Waals surface area (Å²) in [6, 6.07) is 0.521. The van der Waals surface area contributed by atoms with Gasteiger partial charge in [-0.3, -0.25) is 0 Å². The average Bonchev–Trinajstić information content (AvgIpc) is 2.09. The van der Waals surface area contributed by atoms with Crippen molar-refractivity contribution < 1.29 is 4.74 Å². The molecule has 13 heavy (non-hydrogen) atoms. The summed E-state index contributed by atoms with van der Waals surface area (Å²) in [5.74, 6) is 1.41. The van der Waals surface area contributed by atoms with E-state index in [4.69, 9.17) is 4.74 Å². The summed E-state index contributed by atoms with van der Waals surface area (Å²) >= 11 is 0. The van der Waals surface area contributed by atoms with Crippen molar-refractivity contribution in [3.05, 3.63) is 0 Å². The van der Waals surface area contributed by atoms with Crippen LogP contribution in [0.3, 0.4) is 0 Å². The maximum atomic E-state index is 5.84. The molecule has 0 radical (unpaired) electrons. The van der Waals surface area contributed by atoms with Crippen LogP contribution in [0.2, 0.25) is 0 Å². The van der Waals surface area contributed by atoms with Gasteiger partial charge in [-0.15, -0.1) is 0 Å². The normalized spacial score (nSPS) is 32.1. The predicted molar refractivity (Wildman–Crippen MR) is 55.8 cm³/mol. The van der Waals surface area contributed by atoms with E-state index in [9.17, 15) is 0 Å². The van der Waals surface area contributed by atoms with E-state index in [-0.39, 0.29) is 0 Å². The predicted octanol–water partition coefficient (Wildman–Crippen LogP) is 2.05. The molecule has 3 atom stereocenters. The average molecular weight is 185 g/mol. The molecule has 0 aromatic carbocycles. The zero-order valence-corrected chi connectivity index (χ0v) is 9.34. The van der Waals surface area contributed by atoms with Crippen molar-refractivity contribution >= 4 is 0 Å². The molecule has 0 spiro atoms. The first-order valence-corrected chi connectivity index (χ1v) is 5.44. The maximum absolute atomic E-state index is 5.84. The van der Waals surface area contributed by atoms with Gasteiger partial charge in [0.1, 0.15) is 0 Å². The molecule has 0 aromatic rings. The first-order chi connectivity index (χ1) is 6.15. The second kappa shape index (κ2) is 4.97. The van der Waals surface area contributed by atoms with E-state index in [1.807, 2.05) is 7.05 Å². The summed E-state index contributed by atoms with van der Waals surface area (Å²) in [5, 5.41) is 3.36. The minimum atomic E-state index is 0.432. The lowest BCUT2D eigenvalue weighted by molar-refractivity contribution is -0.0382. The first-order valence-electron chi connectivity index (χ1n) is 5.44. The maximum Gasteiger partial charge on any atom is 0.0730 e. The molecule has 2 nitrogen and oxygen atoms in total. The summed E-state index contributed by atoms with van der Waals surface area (Å²) in [6.07, 6.45) is 2.96. The SMILES string of the molecule is CNC(C(C)C)C1CCC(C)CO1. The lowest BCUT2D eigenvalue weighted by Gasteiger charge is -2.34. The standard InChI is InChI=1S/C11H23NO/c1-8(2)11(12-4)10-6-5-9(3)7-13-10/h8-12H,5-7H2,1-4H3. The highest BCUT2D eigenvalue weighted by atomic mass is 16.5. The van der Waals surface area contributed by atoms with Crippen molar-refractivity contribution in [2.24, 2.45) is 11.8 Å². The summed E-state index contributed by atoms with van der Waals surface area (Å²) in [5.41, 5.74) is 0. The molecule has 1 aliphatic heterocycles. The Labute approximate surface area is 82.0 Å². The Bertz CT molecular complexity index is 139. The highest BCUT2D eigenvalue weighted by Gasteiger charge is 2.27. The van der Waals surface area contributed by atoms with Gasteiger partial charge in [0.2, 0.25) is 0 Å². The van der Waals surface area contributed by atoms with Gasteiger partial charge >= 0.3 is 0 Å². The Morgan fingerprint density at radius 3 is 2.38 bits per heavy atom. The van der Waals surface area contributed by atoms with Gasteiger partial charge in [0.05, 0.1) is 6.10 Å². The number of hydrogen-bond acceptors (Lipinski definition) is 2. The fourth-order valence-electron chi connectivity index (χ4n) is 2.14. The Hall–Kier alpha value is -0.0800. The second-order valence-electron chi connectivity index (χ2n) is 4.61. The number of rotatable bonds is 3. The number of ether oxygens (including phenoxy) is 1. The first kappa shape index (κ1) is 11.0. The lowest BCUT2D eigenvalue weighted by Crippen LogP contribution is -2.45. The third kappa shape index (κ3) is 2.96. The smallest absolute Gasteiger partial charge is 0.0730 e. The van der Waals surface area contributed by atoms with Crippen molar-refractivity contribution in [1.82, 2.24) is 5.32 Å². The summed E-state index contributed by atoms with van der Waals surface area (Å²) in [4.78, 5) is 0. The fraction of sp³-hybridized carbons (Fsp3) is 1.00. The quantitative estimate of drug-likeness (QED) is 0.726. The van der Waals surface area contributed by atoms with Crippen LogP contribution < -0.4 is 5.32 Å². The molecule has 1 saturated heterocycles. The van der Waals surface area contributed by atoms with Crippen molar-refractivity contribution in [2.45, 2.75) is 45.8 Å². The zero-order chi connectivity index (χ0) is 9.84. The molecule has 1 rings (SSSR count). The molecule has 1 aliphatic rings. The van der Waals surface area contributed by atoms with Gasteiger partial charge < -0.3 is 10.1 Å². The van der Waals surface area contributed by atoms with Gasteiger partial charge in [0.15, 0.2) is 0 Å². The molecule has 0 saturated carbocycles. The van der Waals surface area contributed by atoms with Crippen LogP contribution in [0.5, 0.6) is 0 Å². The molecule has 2 heteroatoms. The second-order valence-corrected chi connectivity index (χ2v) is 4.61. The lowest BCUT2D eigenvalue weighted by atomic mass is 9.91. The van der Waals surface area contributed by atoms with Crippen LogP contribution >= 0.6 is 0 Å². The molecule has 78 valence electrons. The van der Waals surface area contributed by atoms with Crippen molar-refractivity contribution in [3.63, 3.8) is 0 Å². The molecule has 3 unspecified atom stereocenters. The van der Waals surface area contributed by atoms with E-state index >= 15 is 0 Å². The van der Waals surface area contributed by atoms with Crippen molar-refractivity contribution in [3.8, 4) is 0 Å². The number of nitrogens with one attached hydrogen (secondary N) is 1. The van der Waals surface area contributed by atoms with Crippen LogP contribution in [0.15, 0.2) is 0 Å². The van der Waals surface area contributed by atoms with Gasteiger partial charge in [0, 0.05) is 12.6 Å². The van der Waals surface area contributed by atoms with Crippen LogP contribution in [-0.4, -0.2) is 25.8 Å². The van der Waals surface area contributed by atoms with Crippen LogP contribution in [0.4, 0.5) is 0 Å². The monoisotopic (exact) mass is 185 g/mol. The third-order valence-corrected chi connectivity index (χ3v) is 2.99. The van der Waals surface area contributed by atoms with Crippen LogP contribution in [0.1, 0.15) is 33.6 Å². The van der Waals surface area contributed by atoms with Gasteiger partial charge in [-0.25, -0.2) is 0 Å². The molecule has 1 fully saturated rings. The Kier molecular flexibility index (Phi) is 4.20. The van der Waals surface area contributed by atoms with Crippen LogP contribution in [-0.2, 0) is 4.74 Å². The molecule has 0 aromatic heterocycles. The van der Waals surface area contributed by atoms with E-state index in [1.54, 1.807) is 0 Å². The molecule has 0 bridgehead atoms. The van der Waals surface area contributed by atoms with E-state index in [0.29, 0.717) is 18.1 Å². The number of hydrogen-bond donors (Lipinski definition) is 1. The minimum absolute atomic E-state index is 0.432. The fourth-order valence-corrected chi connectivity index (χ4v) is 2.14. The Morgan fingerprint density at radius 1 is 1.31 bits per heavy atom. The third-order valence-electron chi connectivity index (χ3n) is 2.99. The number of likely N-dealkylation sites (N-methyl/N-ethyl adjacent to an activating group) is 1. The largest absolute Gasteiger partial charge is 0.376 e. The highest BCUT2D eigenvalue weighted by molar-refractivity contribution is 4.81. The van der Waals surface area contributed by atoms with Gasteiger partial charge in [-0.2, -0.15) is 0 Å². The molecule has 1 heterocycles. The molecule has 0 aliphatic carbocycles. The van der Waals surface area contributed by atoms with Crippen molar-refractivity contribution in [1.29, 1.82) is 0 Å².